The van der Waals surface area contributed by atoms with Crippen LogP contribution < -0.4 is 10.6 Å². The molecule has 2 fully saturated rings. The molecule has 0 aromatic carbocycles. The number of thiophene rings is 1. The summed E-state index contributed by atoms with van der Waals surface area (Å²) in [5.74, 6) is 0.00676. The predicted octanol–water partition coefficient (Wildman–Crippen LogP) is 1.57. The summed E-state index contributed by atoms with van der Waals surface area (Å²) >= 11 is 1.75. The summed E-state index contributed by atoms with van der Waals surface area (Å²) in [6.07, 6.45) is 2.60. The van der Waals surface area contributed by atoms with Crippen molar-refractivity contribution in [2.75, 3.05) is 26.2 Å². The molecule has 23 heavy (non-hydrogen) atoms. The van der Waals surface area contributed by atoms with Crippen LogP contribution in [0.1, 0.15) is 30.2 Å². The standard InChI is InChI=1S/C15H23N3O2S.2ClH/c19-11-8-12(16-9-11)15(20)17-10-13(14-4-3-7-21-14)18-5-1-2-6-18;;/h3-4,7,11-13,16,19H,1-2,5-6,8-10H2,(H,17,20);2*1H. The highest BCUT2D eigenvalue weighted by atomic mass is 35.5. The molecular weight excluding hydrogens is 357 g/mol. The van der Waals surface area contributed by atoms with Gasteiger partial charge in [-0.05, 0) is 43.8 Å². The molecule has 0 aliphatic carbocycles. The van der Waals surface area contributed by atoms with Gasteiger partial charge in [-0.2, -0.15) is 0 Å². The fourth-order valence-corrected chi connectivity index (χ4v) is 4.04. The van der Waals surface area contributed by atoms with E-state index >= 15 is 0 Å². The molecule has 8 heteroatoms. The minimum atomic E-state index is -0.396. The first-order valence-electron chi connectivity index (χ1n) is 7.70. The van der Waals surface area contributed by atoms with Crippen LogP contribution in [0.15, 0.2) is 17.5 Å². The van der Waals surface area contributed by atoms with E-state index in [0.717, 1.165) is 13.1 Å². The Morgan fingerprint density at radius 3 is 2.74 bits per heavy atom. The van der Waals surface area contributed by atoms with Crippen molar-refractivity contribution in [2.24, 2.45) is 0 Å². The van der Waals surface area contributed by atoms with Crippen LogP contribution in [0.25, 0.3) is 0 Å². The molecule has 3 atom stereocenters. The van der Waals surface area contributed by atoms with Gasteiger partial charge >= 0.3 is 0 Å². The third-order valence-electron chi connectivity index (χ3n) is 4.35. The van der Waals surface area contributed by atoms with Crippen molar-refractivity contribution in [1.82, 2.24) is 15.5 Å². The van der Waals surface area contributed by atoms with Gasteiger partial charge in [-0.3, -0.25) is 9.69 Å². The molecule has 2 aliphatic rings. The van der Waals surface area contributed by atoms with Gasteiger partial charge in [-0.25, -0.2) is 0 Å². The highest BCUT2D eigenvalue weighted by Crippen LogP contribution is 2.27. The van der Waals surface area contributed by atoms with Crippen LogP contribution in [0.5, 0.6) is 0 Å². The lowest BCUT2D eigenvalue weighted by atomic mass is 10.1. The van der Waals surface area contributed by atoms with Gasteiger partial charge in [0.15, 0.2) is 0 Å². The molecule has 1 amide bonds. The summed E-state index contributed by atoms with van der Waals surface area (Å²) in [5.41, 5.74) is 0. The third kappa shape index (κ3) is 5.31. The summed E-state index contributed by atoms with van der Waals surface area (Å²) < 4.78 is 0. The number of β-amino-alcohol motifs (C(OH)–C–C–N with tert-alkyl or cyclic N) is 1. The lowest BCUT2D eigenvalue weighted by Crippen LogP contribution is -2.44. The summed E-state index contributed by atoms with van der Waals surface area (Å²) in [5, 5.41) is 17.7. The molecule has 0 bridgehead atoms. The summed E-state index contributed by atoms with van der Waals surface area (Å²) in [4.78, 5) is 16.0. The second-order valence-electron chi connectivity index (χ2n) is 5.87. The van der Waals surface area contributed by atoms with Crippen molar-refractivity contribution >= 4 is 42.1 Å². The maximum atomic E-state index is 12.2. The smallest absolute Gasteiger partial charge is 0.237 e. The van der Waals surface area contributed by atoms with Crippen LogP contribution in [-0.4, -0.2) is 54.2 Å². The molecule has 0 saturated carbocycles. The van der Waals surface area contributed by atoms with Crippen molar-refractivity contribution in [1.29, 1.82) is 0 Å². The normalized spacial score (nSPS) is 25.4. The van der Waals surface area contributed by atoms with Crippen molar-refractivity contribution in [3.8, 4) is 0 Å². The molecule has 132 valence electrons. The van der Waals surface area contributed by atoms with Gasteiger partial charge in [0.25, 0.3) is 0 Å². The minimum Gasteiger partial charge on any atom is -0.392 e. The molecule has 1 aromatic heterocycles. The zero-order chi connectivity index (χ0) is 14.7. The van der Waals surface area contributed by atoms with E-state index in [1.54, 1.807) is 11.3 Å². The number of aliphatic hydroxyl groups is 1. The quantitative estimate of drug-likeness (QED) is 0.724. The predicted molar refractivity (Wildman–Crippen MR) is 97.8 cm³/mol. The molecule has 1 aromatic rings. The summed E-state index contributed by atoms with van der Waals surface area (Å²) in [6, 6.07) is 4.25. The Labute approximate surface area is 153 Å². The zero-order valence-electron chi connectivity index (χ0n) is 12.9. The Balaban J connectivity index is 0.00000132. The highest BCUT2D eigenvalue weighted by molar-refractivity contribution is 7.10. The van der Waals surface area contributed by atoms with Crippen molar-refractivity contribution in [3.63, 3.8) is 0 Å². The van der Waals surface area contributed by atoms with Crippen LogP contribution >= 0.6 is 36.2 Å². The van der Waals surface area contributed by atoms with E-state index in [-0.39, 0.29) is 42.8 Å². The summed E-state index contributed by atoms with van der Waals surface area (Å²) in [7, 11) is 0. The van der Waals surface area contributed by atoms with E-state index in [1.807, 2.05) is 0 Å². The van der Waals surface area contributed by atoms with Crippen LogP contribution in [0.4, 0.5) is 0 Å². The second-order valence-corrected chi connectivity index (χ2v) is 6.85. The molecule has 2 aliphatic heterocycles. The van der Waals surface area contributed by atoms with Gasteiger partial charge in [-0.1, -0.05) is 6.07 Å². The van der Waals surface area contributed by atoms with Crippen LogP contribution in [0.2, 0.25) is 0 Å². The SMILES string of the molecule is Cl.Cl.O=C(NCC(c1cccs1)N1CCCC1)C1CC(O)CN1. The topological polar surface area (TPSA) is 64.6 Å². The maximum absolute atomic E-state index is 12.2. The molecule has 2 saturated heterocycles. The summed E-state index contributed by atoms with van der Waals surface area (Å²) in [6.45, 7) is 3.38. The number of nitrogens with one attached hydrogen (secondary N) is 2. The largest absolute Gasteiger partial charge is 0.392 e. The van der Waals surface area contributed by atoms with Crippen LogP contribution in [-0.2, 0) is 4.79 Å². The molecule has 5 nitrogen and oxygen atoms in total. The third-order valence-corrected chi connectivity index (χ3v) is 5.32. The Morgan fingerprint density at radius 1 is 1.43 bits per heavy atom. The Kier molecular flexibility index (Phi) is 8.82. The fraction of sp³-hybridized carbons (Fsp3) is 0.667. The monoisotopic (exact) mass is 381 g/mol. The van der Waals surface area contributed by atoms with Gasteiger partial charge in [0.2, 0.25) is 5.91 Å². The number of amides is 1. The van der Waals surface area contributed by atoms with Gasteiger partial charge in [-0.15, -0.1) is 36.2 Å². The fourth-order valence-electron chi connectivity index (χ4n) is 3.18. The van der Waals surface area contributed by atoms with Gasteiger partial charge in [0.05, 0.1) is 18.2 Å². The van der Waals surface area contributed by atoms with Crippen LogP contribution in [0.3, 0.4) is 0 Å². The van der Waals surface area contributed by atoms with Crippen molar-refractivity contribution < 1.29 is 9.90 Å². The van der Waals surface area contributed by atoms with Gasteiger partial charge in [0, 0.05) is 18.0 Å². The number of likely N-dealkylation sites (tertiary alicyclic amines) is 1. The number of hydrogen-bond donors (Lipinski definition) is 3. The number of carbonyl (C=O) groups is 1. The number of rotatable bonds is 5. The second kappa shape index (κ2) is 9.81. The van der Waals surface area contributed by atoms with Gasteiger partial charge < -0.3 is 15.7 Å². The highest BCUT2D eigenvalue weighted by Gasteiger charge is 2.30. The number of hydrogen-bond acceptors (Lipinski definition) is 5. The van der Waals surface area contributed by atoms with E-state index in [9.17, 15) is 9.90 Å². The van der Waals surface area contributed by atoms with E-state index in [2.05, 4.69) is 33.0 Å². The minimum absolute atomic E-state index is 0. The van der Waals surface area contributed by atoms with E-state index in [0.29, 0.717) is 19.5 Å². The number of halogens is 2. The van der Waals surface area contributed by atoms with Crippen LogP contribution in [0, 0.1) is 0 Å². The molecule has 3 N–H and O–H groups in total. The molecule has 0 radical (unpaired) electrons. The molecule has 3 unspecified atom stereocenters. The first-order chi connectivity index (χ1) is 10.2. The maximum Gasteiger partial charge on any atom is 0.237 e. The Morgan fingerprint density at radius 2 is 2.17 bits per heavy atom. The first-order valence-corrected chi connectivity index (χ1v) is 8.58. The number of aliphatic hydroxyl groups excluding tert-OH is 1. The average molecular weight is 382 g/mol. The van der Waals surface area contributed by atoms with E-state index in [1.165, 1.54) is 17.7 Å². The first kappa shape index (κ1) is 20.7. The average Bonchev–Trinajstić information content (AvgIpc) is 3.21. The Hall–Kier alpha value is -0.370. The molecule has 3 rings (SSSR count). The number of nitrogens with zero attached hydrogens (tertiary/aromatic N) is 1. The van der Waals surface area contributed by atoms with Crippen molar-refractivity contribution in [2.45, 2.75) is 37.5 Å². The molecule has 0 spiro atoms. The molecular formula is C15H25Cl2N3O2S. The molecule has 3 heterocycles. The van der Waals surface area contributed by atoms with E-state index < -0.39 is 6.10 Å². The van der Waals surface area contributed by atoms with Gasteiger partial charge in [0.1, 0.15) is 0 Å². The van der Waals surface area contributed by atoms with Crippen molar-refractivity contribution in [3.05, 3.63) is 22.4 Å². The zero-order valence-corrected chi connectivity index (χ0v) is 15.4. The lowest BCUT2D eigenvalue weighted by Gasteiger charge is -2.27. The van der Waals surface area contributed by atoms with E-state index in [4.69, 9.17) is 0 Å². The number of carbonyl (C=O) groups excluding carboxylic acids is 1. The Bertz CT molecular complexity index is 469. The lowest BCUT2D eigenvalue weighted by molar-refractivity contribution is -0.123.